The molecule has 1 aliphatic heterocycles. The summed E-state index contributed by atoms with van der Waals surface area (Å²) in [5.74, 6) is -0.0606. The second-order valence-corrected chi connectivity index (χ2v) is 9.67. The summed E-state index contributed by atoms with van der Waals surface area (Å²) >= 11 is 0. The topological polar surface area (TPSA) is 69.2 Å². The first-order valence-corrected chi connectivity index (χ1v) is 12.5. The van der Waals surface area contributed by atoms with E-state index in [1.165, 1.54) is 9.13 Å². The van der Waals surface area contributed by atoms with Crippen molar-refractivity contribution in [1.29, 1.82) is 0 Å². The number of rotatable bonds is 5. The minimum absolute atomic E-state index is 0.0606. The number of hydrogen-bond donors (Lipinski definition) is 0. The molecule has 0 saturated carbocycles. The van der Waals surface area contributed by atoms with Gasteiger partial charge in [-0.2, -0.15) is 0 Å². The number of carbonyl (C=O) groups excluding carboxylic acids is 1. The summed E-state index contributed by atoms with van der Waals surface area (Å²) in [5.41, 5.74) is 2.97. The molecule has 0 spiro atoms. The Morgan fingerprint density at radius 3 is 2.51 bits per heavy atom. The molecule has 2 aromatic carbocycles. The monoisotopic (exact) mass is 472 g/mol. The molecule has 1 aliphatic rings. The van der Waals surface area contributed by atoms with Crippen molar-refractivity contribution in [3.05, 3.63) is 80.5 Å². The molecule has 5 rings (SSSR count). The van der Waals surface area contributed by atoms with E-state index in [2.05, 4.69) is 6.92 Å². The van der Waals surface area contributed by atoms with Crippen molar-refractivity contribution in [3.63, 3.8) is 0 Å². The predicted octanol–water partition coefficient (Wildman–Crippen LogP) is 3.80. The number of aryl methyl sites for hydroxylation is 2. The first kappa shape index (κ1) is 23.1. The molecule has 1 amide bonds. The van der Waals surface area contributed by atoms with Crippen molar-refractivity contribution in [1.82, 2.24) is 18.6 Å². The summed E-state index contributed by atoms with van der Waals surface area (Å²) in [5, 5.41) is 0.821. The Bertz CT molecular complexity index is 1530. The molecule has 7 nitrogen and oxygen atoms in total. The van der Waals surface area contributed by atoms with Gasteiger partial charge in [0.1, 0.15) is 12.1 Å². The Hall–Kier alpha value is -3.61. The minimum Gasteiger partial charge on any atom is -0.338 e. The van der Waals surface area contributed by atoms with Crippen LogP contribution < -0.4 is 11.2 Å². The molecular formula is C28H32N4O3. The average molecular weight is 473 g/mol. The molecule has 7 heteroatoms. The quantitative estimate of drug-likeness (QED) is 0.444. The lowest BCUT2D eigenvalue weighted by molar-refractivity contribution is -0.135. The number of hydrogen-bond acceptors (Lipinski definition) is 3. The summed E-state index contributed by atoms with van der Waals surface area (Å²) in [6.45, 7) is 4.89. The molecule has 0 N–H and O–H groups in total. The van der Waals surface area contributed by atoms with Crippen LogP contribution in [0, 0.1) is 6.92 Å². The Kier molecular flexibility index (Phi) is 6.09. The lowest BCUT2D eigenvalue weighted by Crippen LogP contribution is -2.47. The molecule has 3 heterocycles. The van der Waals surface area contributed by atoms with Gasteiger partial charge in [0.05, 0.1) is 17.6 Å². The maximum absolute atomic E-state index is 13.9. The highest BCUT2D eigenvalue weighted by Gasteiger charge is 2.28. The van der Waals surface area contributed by atoms with Crippen molar-refractivity contribution >= 4 is 27.8 Å². The van der Waals surface area contributed by atoms with Gasteiger partial charge in [-0.1, -0.05) is 48.9 Å². The van der Waals surface area contributed by atoms with Gasteiger partial charge in [0.25, 0.3) is 5.56 Å². The van der Waals surface area contributed by atoms with Crippen molar-refractivity contribution < 1.29 is 4.79 Å². The van der Waals surface area contributed by atoms with E-state index in [0.29, 0.717) is 17.6 Å². The zero-order valence-corrected chi connectivity index (χ0v) is 20.7. The Morgan fingerprint density at radius 2 is 1.77 bits per heavy atom. The third-order valence-corrected chi connectivity index (χ3v) is 7.40. The third-order valence-electron chi connectivity index (χ3n) is 7.40. The van der Waals surface area contributed by atoms with Crippen molar-refractivity contribution in [2.24, 2.45) is 7.05 Å². The highest BCUT2D eigenvalue weighted by Crippen LogP contribution is 2.27. The van der Waals surface area contributed by atoms with Gasteiger partial charge in [0.15, 0.2) is 0 Å². The fourth-order valence-corrected chi connectivity index (χ4v) is 5.54. The van der Waals surface area contributed by atoms with Crippen LogP contribution in [0.15, 0.2) is 58.1 Å². The van der Waals surface area contributed by atoms with Gasteiger partial charge < -0.3 is 9.47 Å². The first-order chi connectivity index (χ1) is 16.9. The number of amides is 1. The van der Waals surface area contributed by atoms with E-state index in [1.54, 1.807) is 0 Å². The van der Waals surface area contributed by atoms with E-state index in [0.717, 1.165) is 47.7 Å². The molecule has 0 radical (unpaired) electrons. The van der Waals surface area contributed by atoms with E-state index >= 15 is 0 Å². The summed E-state index contributed by atoms with van der Waals surface area (Å²) in [6.07, 6.45) is 4.00. The molecule has 2 aromatic heterocycles. The zero-order valence-electron chi connectivity index (χ0n) is 20.7. The summed E-state index contributed by atoms with van der Waals surface area (Å²) in [6, 6.07) is 15.6. The zero-order chi connectivity index (χ0) is 24.7. The van der Waals surface area contributed by atoms with E-state index in [9.17, 15) is 14.4 Å². The number of benzene rings is 2. The van der Waals surface area contributed by atoms with Crippen molar-refractivity contribution in [2.75, 3.05) is 6.54 Å². The van der Waals surface area contributed by atoms with Gasteiger partial charge in [-0.3, -0.25) is 18.7 Å². The Labute approximate surface area is 204 Å². The molecule has 182 valence electrons. The van der Waals surface area contributed by atoms with E-state index in [1.807, 2.05) is 72.0 Å². The molecule has 1 fully saturated rings. The van der Waals surface area contributed by atoms with Crippen LogP contribution in [0.5, 0.6) is 0 Å². The van der Waals surface area contributed by atoms with Crippen molar-refractivity contribution in [2.45, 2.75) is 58.7 Å². The lowest BCUT2D eigenvalue weighted by Gasteiger charge is -2.35. The molecular weight excluding hydrogens is 440 g/mol. The highest BCUT2D eigenvalue weighted by atomic mass is 16.2. The maximum atomic E-state index is 13.9. The molecule has 0 unspecified atom stereocenters. The molecule has 1 saturated heterocycles. The van der Waals surface area contributed by atoms with E-state index < -0.39 is 5.69 Å². The van der Waals surface area contributed by atoms with Crippen LogP contribution in [-0.2, 0) is 24.9 Å². The van der Waals surface area contributed by atoms with Crippen LogP contribution in [0.3, 0.4) is 0 Å². The average Bonchev–Trinajstić information content (AvgIpc) is 3.16. The van der Waals surface area contributed by atoms with Crippen LogP contribution in [0.1, 0.15) is 43.7 Å². The number of aromatic nitrogens is 3. The fraction of sp³-hybridized carbons (Fsp3) is 0.393. The summed E-state index contributed by atoms with van der Waals surface area (Å²) in [7, 11) is 1.85. The minimum atomic E-state index is -0.446. The number of nitrogens with zero attached hydrogens (tertiary/aromatic N) is 4. The van der Waals surface area contributed by atoms with E-state index in [4.69, 9.17) is 0 Å². The number of likely N-dealkylation sites (tertiary alicyclic amines) is 1. The Balaban J connectivity index is 1.74. The van der Waals surface area contributed by atoms with Gasteiger partial charge in [-0.05, 0) is 50.3 Å². The van der Waals surface area contributed by atoms with Crippen LogP contribution in [0.2, 0.25) is 0 Å². The SMILES string of the molecule is CC[C@@H]1CCCCN1C(=O)Cn1c(=O)n(Cc2ccccc2)c(=O)c2c1c1cc(C)ccc1n2C. The maximum Gasteiger partial charge on any atom is 0.332 e. The second-order valence-electron chi connectivity index (χ2n) is 9.67. The number of piperidine rings is 1. The highest BCUT2D eigenvalue weighted by molar-refractivity contribution is 6.06. The van der Waals surface area contributed by atoms with Gasteiger partial charge in [0.2, 0.25) is 5.91 Å². The summed E-state index contributed by atoms with van der Waals surface area (Å²) in [4.78, 5) is 43.1. The largest absolute Gasteiger partial charge is 0.338 e. The van der Waals surface area contributed by atoms with Gasteiger partial charge in [-0.25, -0.2) is 4.79 Å². The first-order valence-electron chi connectivity index (χ1n) is 12.5. The van der Waals surface area contributed by atoms with Crippen molar-refractivity contribution in [3.8, 4) is 0 Å². The van der Waals surface area contributed by atoms with Gasteiger partial charge in [0, 0.05) is 25.0 Å². The lowest BCUT2D eigenvalue weighted by atomic mass is 10.00. The Morgan fingerprint density at radius 1 is 1.00 bits per heavy atom. The number of fused-ring (bicyclic) bond motifs is 3. The van der Waals surface area contributed by atoms with Crippen LogP contribution >= 0.6 is 0 Å². The second kappa shape index (κ2) is 9.21. The van der Waals surface area contributed by atoms with Crippen LogP contribution in [0.4, 0.5) is 0 Å². The smallest absolute Gasteiger partial charge is 0.332 e. The van der Waals surface area contributed by atoms with Gasteiger partial charge >= 0.3 is 5.69 Å². The molecule has 35 heavy (non-hydrogen) atoms. The molecule has 0 aliphatic carbocycles. The summed E-state index contributed by atoms with van der Waals surface area (Å²) < 4.78 is 4.65. The molecule has 0 bridgehead atoms. The standard InChI is InChI=1S/C28H32N4O3/c1-4-21-12-8-9-15-30(21)24(33)18-31-25-22-16-19(2)13-14-23(22)29(3)26(25)27(34)32(28(31)35)17-20-10-6-5-7-11-20/h5-7,10-11,13-14,16,21H,4,8-9,12,15,17-18H2,1-3H3/t21-/m1/s1. The van der Waals surface area contributed by atoms with Crippen LogP contribution in [0.25, 0.3) is 21.9 Å². The van der Waals surface area contributed by atoms with Gasteiger partial charge in [-0.15, -0.1) is 0 Å². The third kappa shape index (κ3) is 3.99. The molecule has 4 aromatic rings. The van der Waals surface area contributed by atoms with E-state index in [-0.39, 0.29) is 30.6 Å². The van der Waals surface area contributed by atoms with Crippen LogP contribution in [-0.4, -0.2) is 37.1 Å². The molecule has 1 atom stereocenters. The number of carbonyl (C=O) groups is 1. The fourth-order valence-electron chi connectivity index (χ4n) is 5.54. The normalized spacial score (nSPS) is 16.3. The predicted molar refractivity (Wildman–Crippen MR) is 139 cm³/mol.